The molecule has 10 nitrogen and oxygen atoms in total. The number of carbonyl (C=O) groups is 2. The highest BCUT2D eigenvalue weighted by molar-refractivity contribution is 6.06. The van der Waals surface area contributed by atoms with Crippen molar-refractivity contribution in [3.8, 4) is 11.3 Å². The minimum absolute atomic E-state index is 0.0180. The van der Waals surface area contributed by atoms with Crippen LogP contribution in [0.1, 0.15) is 47.7 Å². The van der Waals surface area contributed by atoms with Gasteiger partial charge in [0.25, 0.3) is 5.91 Å². The molecule has 0 bridgehead atoms. The maximum Gasteiger partial charge on any atom is 0.416 e. The summed E-state index contributed by atoms with van der Waals surface area (Å²) >= 11 is 0. The second kappa shape index (κ2) is 12.8. The van der Waals surface area contributed by atoms with Gasteiger partial charge in [-0.25, -0.2) is 9.97 Å². The standard InChI is InChI=1S/C31H33F3N8O2/c1-19-12-16-42-28-22(5-3-14-41(2)15-4-6-25(43)38-19)18-37-29(35)26(28)27(40-42)20-7-9-21(10-8-20)30(44)39-24-17-23(11-13-36-24)31(32,33)34/h3,5,7-11,13,17-19H,4,6,12,14-16H2,1-2H3,(H2,35,37)(H,38,43)(H,36,39,44)/b5-3+/t19-/m1/s1. The molecule has 13 heteroatoms. The summed E-state index contributed by atoms with van der Waals surface area (Å²) in [5, 5.41) is 11.0. The van der Waals surface area contributed by atoms with E-state index in [4.69, 9.17) is 10.8 Å². The first kappa shape index (κ1) is 30.7. The number of carbonyl (C=O) groups excluding carboxylic acids is 2. The molecule has 0 fully saturated rings. The van der Waals surface area contributed by atoms with Crippen molar-refractivity contribution in [1.82, 2.24) is 30.0 Å². The van der Waals surface area contributed by atoms with Gasteiger partial charge in [-0.1, -0.05) is 24.3 Å². The molecule has 0 radical (unpaired) electrons. The van der Waals surface area contributed by atoms with E-state index in [0.29, 0.717) is 48.4 Å². The molecular formula is C31H33F3N8O2. The highest BCUT2D eigenvalue weighted by Gasteiger charge is 2.31. The second-order valence-corrected chi connectivity index (χ2v) is 10.9. The molecule has 1 aliphatic heterocycles. The molecule has 0 spiro atoms. The number of hydrogen-bond donors (Lipinski definition) is 3. The van der Waals surface area contributed by atoms with E-state index < -0.39 is 17.6 Å². The summed E-state index contributed by atoms with van der Waals surface area (Å²) in [6.45, 7) is 3.94. The molecule has 0 aliphatic carbocycles. The van der Waals surface area contributed by atoms with Crippen molar-refractivity contribution in [2.45, 2.75) is 44.9 Å². The zero-order valence-corrected chi connectivity index (χ0v) is 24.4. The Morgan fingerprint density at radius 1 is 1.14 bits per heavy atom. The Morgan fingerprint density at radius 3 is 2.66 bits per heavy atom. The number of nitrogens with two attached hydrogens (primary N) is 1. The Hall–Kier alpha value is -4.78. The predicted octanol–water partition coefficient (Wildman–Crippen LogP) is 4.98. The number of benzene rings is 1. The van der Waals surface area contributed by atoms with Crippen LogP contribution in [-0.2, 0) is 17.5 Å². The third kappa shape index (κ3) is 7.05. The first-order valence-electron chi connectivity index (χ1n) is 14.2. The zero-order chi connectivity index (χ0) is 31.4. The van der Waals surface area contributed by atoms with E-state index in [2.05, 4.69) is 25.5 Å². The van der Waals surface area contributed by atoms with Crippen LogP contribution in [0.25, 0.3) is 28.2 Å². The molecule has 0 saturated carbocycles. The van der Waals surface area contributed by atoms with Crippen LogP contribution >= 0.6 is 0 Å². The Labute approximate surface area is 252 Å². The lowest BCUT2D eigenvalue weighted by Gasteiger charge is -2.16. The van der Waals surface area contributed by atoms with Gasteiger partial charge in [0, 0.05) is 54.6 Å². The Kier molecular flexibility index (Phi) is 8.95. The van der Waals surface area contributed by atoms with Crippen LogP contribution in [0.3, 0.4) is 0 Å². The highest BCUT2D eigenvalue weighted by atomic mass is 19.4. The number of pyridine rings is 2. The number of rotatable bonds is 3. The fourth-order valence-electron chi connectivity index (χ4n) is 5.09. The summed E-state index contributed by atoms with van der Waals surface area (Å²) in [7, 11) is 2.00. The molecule has 5 rings (SSSR count). The number of aromatic nitrogens is 4. The van der Waals surface area contributed by atoms with E-state index >= 15 is 0 Å². The van der Waals surface area contributed by atoms with E-state index in [1.165, 1.54) is 0 Å². The van der Waals surface area contributed by atoms with Crippen molar-refractivity contribution in [2.24, 2.45) is 0 Å². The van der Waals surface area contributed by atoms with Crippen LogP contribution in [0.2, 0.25) is 0 Å². The molecule has 1 aliphatic rings. The van der Waals surface area contributed by atoms with Crippen LogP contribution < -0.4 is 16.4 Å². The third-order valence-corrected chi connectivity index (χ3v) is 7.41. The van der Waals surface area contributed by atoms with Crippen LogP contribution in [-0.4, -0.2) is 62.6 Å². The summed E-state index contributed by atoms with van der Waals surface area (Å²) in [4.78, 5) is 35.6. The summed E-state index contributed by atoms with van der Waals surface area (Å²) < 4.78 is 41.1. The summed E-state index contributed by atoms with van der Waals surface area (Å²) in [6, 6.07) is 8.06. The minimum Gasteiger partial charge on any atom is -0.383 e. The quantitative estimate of drug-likeness (QED) is 0.300. The summed E-state index contributed by atoms with van der Waals surface area (Å²) in [5.74, 6) is -0.501. The third-order valence-electron chi connectivity index (χ3n) is 7.41. The molecule has 0 saturated heterocycles. The van der Waals surface area contributed by atoms with Crippen LogP contribution in [0.5, 0.6) is 0 Å². The fourth-order valence-corrected chi connectivity index (χ4v) is 5.09. The van der Waals surface area contributed by atoms with Crippen molar-refractivity contribution >= 4 is 40.4 Å². The van der Waals surface area contributed by atoms with Gasteiger partial charge in [-0.3, -0.25) is 14.3 Å². The molecule has 2 amide bonds. The number of anilines is 2. The molecule has 1 aromatic carbocycles. The number of likely N-dealkylation sites (N-methyl/N-ethyl adjacent to an activating group) is 1. The molecule has 230 valence electrons. The molecule has 4 heterocycles. The van der Waals surface area contributed by atoms with Crippen molar-refractivity contribution in [2.75, 3.05) is 31.2 Å². The number of nitrogen functional groups attached to an aromatic ring is 1. The zero-order valence-electron chi connectivity index (χ0n) is 24.4. The van der Waals surface area contributed by atoms with Gasteiger partial charge in [0.2, 0.25) is 5.91 Å². The molecule has 4 aromatic rings. The fraction of sp³-hybridized carbons (Fsp3) is 0.323. The van der Waals surface area contributed by atoms with E-state index in [-0.39, 0.29) is 23.3 Å². The molecule has 1 atom stereocenters. The van der Waals surface area contributed by atoms with E-state index in [0.717, 1.165) is 42.4 Å². The van der Waals surface area contributed by atoms with Crippen molar-refractivity contribution in [1.29, 1.82) is 0 Å². The SMILES string of the molecule is C[C@@H]1CCn2nc(-c3ccc(C(=O)Nc4cc(C(F)(F)F)ccn4)cc3)c3c(N)ncc(c32)/C=C/CN(C)CCCC(=O)N1. The van der Waals surface area contributed by atoms with Gasteiger partial charge in [0.15, 0.2) is 0 Å². The van der Waals surface area contributed by atoms with Gasteiger partial charge in [-0.15, -0.1) is 0 Å². The molecule has 44 heavy (non-hydrogen) atoms. The molecule has 4 N–H and O–H groups in total. The first-order valence-corrected chi connectivity index (χ1v) is 14.2. The largest absolute Gasteiger partial charge is 0.416 e. The van der Waals surface area contributed by atoms with Crippen molar-refractivity contribution in [3.63, 3.8) is 0 Å². The first-order chi connectivity index (χ1) is 21.0. The number of alkyl halides is 3. The minimum atomic E-state index is -4.56. The van der Waals surface area contributed by atoms with Gasteiger partial charge in [0.1, 0.15) is 17.3 Å². The normalized spacial score (nSPS) is 17.8. The molecule has 0 unspecified atom stereocenters. The number of nitrogens with one attached hydrogen (secondary N) is 2. The van der Waals surface area contributed by atoms with E-state index in [1.807, 2.05) is 30.8 Å². The van der Waals surface area contributed by atoms with E-state index in [9.17, 15) is 22.8 Å². The van der Waals surface area contributed by atoms with Gasteiger partial charge in [-0.05, 0) is 57.6 Å². The number of halogens is 3. The highest BCUT2D eigenvalue weighted by Crippen LogP contribution is 2.34. The maximum atomic E-state index is 13.1. The Morgan fingerprint density at radius 2 is 1.91 bits per heavy atom. The number of nitrogens with zero attached hydrogens (tertiary/aromatic N) is 5. The lowest BCUT2D eigenvalue weighted by Crippen LogP contribution is -2.33. The second-order valence-electron chi connectivity index (χ2n) is 10.9. The smallest absolute Gasteiger partial charge is 0.383 e. The Balaban J connectivity index is 1.47. The molecule has 3 aromatic heterocycles. The lowest BCUT2D eigenvalue weighted by molar-refractivity contribution is -0.137. The maximum absolute atomic E-state index is 13.1. The topological polar surface area (TPSA) is 131 Å². The van der Waals surface area contributed by atoms with Gasteiger partial charge in [0.05, 0.1) is 16.5 Å². The van der Waals surface area contributed by atoms with Crippen LogP contribution in [0, 0.1) is 0 Å². The Bertz CT molecular complexity index is 1700. The average Bonchev–Trinajstić information content (AvgIpc) is 3.37. The summed E-state index contributed by atoms with van der Waals surface area (Å²) in [5.41, 5.74) is 8.61. The summed E-state index contributed by atoms with van der Waals surface area (Å²) in [6.07, 6.45) is 4.05. The monoisotopic (exact) mass is 606 g/mol. The molecular weight excluding hydrogens is 573 g/mol. The van der Waals surface area contributed by atoms with Crippen molar-refractivity contribution < 1.29 is 22.8 Å². The van der Waals surface area contributed by atoms with Gasteiger partial charge < -0.3 is 21.3 Å². The van der Waals surface area contributed by atoms with Gasteiger partial charge in [-0.2, -0.15) is 18.3 Å². The van der Waals surface area contributed by atoms with Crippen LogP contribution in [0.15, 0.2) is 54.9 Å². The predicted molar refractivity (Wildman–Crippen MR) is 163 cm³/mol. The lowest BCUT2D eigenvalue weighted by atomic mass is 10.0. The van der Waals surface area contributed by atoms with E-state index in [1.54, 1.807) is 30.5 Å². The average molecular weight is 607 g/mol. The number of aryl methyl sites for hydroxylation is 1. The number of amides is 2. The van der Waals surface area contributed by atoms with Crippen molar-refractivity contribution in [3.05, 3.63) is 71.6 Å². The number of hydrogen-bond acceptors (Lipinski definition) is 7. The van der Waals surface area contributed by atoms with Crippen LogP contribution in [0.4, 0.5) is 24.8 Å². The van der Waals surface area contributed by atoms with Gasteiger partial charge >= 0.3 is 6.18 Å².